The van der Waals surface area contributed by atoms with E-state index in [1.165, 1.54) is 0 Å². The van der Waals surface area contributed by atoms with E-state index in [2.05, 4.69) is 28.1 Å². The second-order valence-corrected chi connectivity index (χ2v) is 5.72. The second-order valence-electron chi connectivity index (χ2n) is 5.72. The number of hydrogen-bond donors (Lipinski definition) is 0. The van der Waals surface area contributed by atoms with Crippen molar-refractivity contribution in [3.63, 3.8) is 0 Å². The maximum absolute atomic E-state index is 12.1. The zero-order valence-corrected chi connectivity index (χ0v) is 14.4. The third-order valence-corrected chi connectivity index (χ3v) is 2.90. The van der Waals surface area contributed by atoms with Gasteiger partial charge in [-0.1, -0.05) is 43.3 Å². The van der Waals surface area contributed by atoms with Gasteiger partial charge in [0.15, 0.2) is 5.78 Å². The van der Waals surface area contributed by atoms with Crippen LogP contribution in [0.25, 0.3) is 6.08 Å². The fourth-order valence-corrected chi connectivity index (χ4v) is 1.96. The minimum Gasteiger partial charge on any atom is -1.00 e. The Hall–Kier alpha value is -0.680. The van der Waals surface area contributed by atoms with Crippen molar-refractivity contribution in [1.29, 1.82) is 0 Å². The SMILES string of the molecule is CCC(C[N+](C)(C)C)C(=O)C=Cc1ccccc1.[I-]. The molecule has 0 amide bonds. The summed E-state index contributed by atoms with van der Waals surface area (Å²) in [5.41, 5.74) is 1.07. The molecule has 0 saturated heterocycles. The van der Waals surface area contributed by atoms with E-state index < -0.39 is 0 Å². The Labute approximate surface area is 134 Å². The molecule has 1 rings (SSSR count). The minimum atomic E-state index is 0. The lowest BCUT2D eigenvalue weighted by molar-refractivity contribution is -0.872. The highest BCUT2D eigenvalue weighted by molar-refractivity contribution is 5.95. The van der Waals surface area contributed by atoms with E-state index in [1.807, 2.05) is 36.4 Å². The van der Waals surface area contributed by atoms with E-state index in [9.17, 15) is 4.79 Å². The van der Waals surface area contributed by atoms with Gasteiger partial charge in [0.1, 0.15) is 0 Å². The standard InChI is InChI=1S/C16H24NO.HI/c1-5-15(13-17(2,3)4)16(18)12-11-14-9-7-6-8-10-14;/h6-12,15H,5,13H2,1-4H3;1H/q+1;/p-1. The summed E-state index contributed by atoms with van der Waals surface area (Å²) in [6.45, 7) is 2.96. The molecule has 1 unspecified atom stereocenters. The van der Waals surface area contributed by atoms with Gasteiger partial charge in [-0.15, -0.1) is 0 Å². The average Bonchev–Trinajstić information content (AvgIpc) is 2.33. The van der Waals surface area contributed by atoms with Crippen LogP contribution in [-0.2, 0) is 4.79 Å². The molecule has 2 nitrogen and oxygen atoms in total. The summed E-state index contributed by atoms with van der Waals surface area (Å²) in [6, 6.07) is 9.95. The van der Waals surface area contributed by atoms with Crippen LogP contribution in [0.15, 0.2) is 36.4 Å². The largest absolute Gasteiger partial charge is 1.00 e. The van der Waals surface area contributed by atoms with Gasteiger partial charge in [0.05, 0.1) is 33.6 Å². The van der Waals surface area contributed by atoms with Crippen molar-refractivity contribution in [3.05, 3.63) is 42.0 Å². The van der Waals surface area contributed by atoms with Crippen molar-refractivity contribution in [1.82, 2.24) is 0 Å². The van der Waals surface area contributed by atoms with Crippen LogP contribution in [0.3, 0.4) is 0 Å². The van der Waals surface area contributed by atoms with Gasteiger partial charge < -0.3 is 28.5 Å². The van der Waals surface area contributed by atoms with E-state index >= 15 is 0 Å². The molecular formula is C16H24INO. The molecule has 0 bridgehead atoms. The van der Waals surface area contributed by atoms with Crippen LogP contribution in [0.5, 0.6) is 0 Å². The first-order chi connectivity index (χ1) is 8.42. The Bertz CT molecular complexity index is 407. The van der Waals surface area contributed by atoms with Gasteiger partial charge in [0.25, 0.3) is 0 Å². The molecule has 0 radical (unpaired) electrons. The lowest BCUT2D eigenvalue weighted by Crippen LogP contribution is -3.00. The Morgan fingerprint density at radius 3 is 2.26 bits per heavy atom. The van der Waals surface area contributed by atoms with Crippen LogP contribution in [0.1, 0.15) is 18.9 Å². The third kappa shape index (κ3) is 7.47. The van der Waals surface area contributed by atoms with Crippen LogP contribution in [0.2, 0.25) is 0 Å². The molecule has 0 N–H and O–H groups in total. The molecule has 106 valence electrons. The molecule has 1 aromatic carbocycles. The van der Waals surface area contributed by atoms with E-state index in [0.717, 1.165) is 23.0 Å². The zero-order chi connectivity index (χ0) is 13.6. The van der Waals surface area contributed by atoms with Crippen LogP contribution < -0.4 is 24.0 Å². The summed E-state index contributed by atoms with van der Waals surface area (Å²) >= 11 is 0. The molecule has 0 aliphatic rings. The van der Waals surface area contributed by atoms with Crippen molar-refractivity contribution in [2.75, 3.05) is 27.7 Å². The summed E-state index contributed by atoms with van der Waals surface area (Å²) in [4.78, 5) is 12.1. The summed E-state index contributed by atoms with van der Waals surface area (Å²) in [7, 11) is 6.37. The van der Waals surface area contributed by atoms with Gasteiger partial charge in [0, 0.05) is 0 Å². The molecule has 19 heavy (non-hydrogen) atoms. The number of nitrogens with zero attached hydrogens (tertiary/aromatic N) is 1. The molecule has 0 saturated carbocycles. The molecule has 0 aliphatic heterocycles. The number of carbonyl (C=O) groups excluding carboxylic acids is 1. The Balaban J connectivity index is 0.00000324. The second kappa shape index (κ2) is 8.48. The number of quaternary nitrogens is 1. The predicted molar refractivity (Wildman–Crippen MR) is 77.2 cm³/mol. The van der Waals surface area contributed by atoms with Gasteiger partial charge in [0.2, 0.25) is 0 Å². The number of allylic oxidation sites excluding steroid dienone is 1. The minimum absolute atomic E-state index is 0. The van der Waals surface area contributed by atoms with Crippen LogP contribution in [-0.4, -0.2) is 38.0 Å². The van der Waals surface area contributed by atoms with Crippen molar-refractivity contribution in [3.8, 4) is 0 Å². The molecule has 0 spiro atoms. The Kier molecular flexibility index (Phi) is 8.18. The van der Waals surface area contributed by atoms with Crippen molar-refractivity contribution < 1.29 is 33.3 Å². The predicted octanol–water partition coefficient (Wildman–Crippen LogP) is 0.00530. The van der Waals surface area contributed by atoms with Gasteiger partial charge in [-0.05, 0) is 18.1 Å². The molecule has 3 heteroatoms. The smallest absolute Gasteiger partial charge is 0.164 e. The van der Waals surface area contributed by atoms with Gasteiger partial charge in [-0.3, -0.25) is 4.79 Å². The summed E-state index contributed by atoms with van der Waals surface area (Å²) in [5, 5.41) is 0. The van der Waals surface area contributed by atoms with Gasteiger partial charge in [-0.2, -0.15) is 0 Å². The summed E-state index contributed by atoms with van der Waals surface area (Å²) in [6.07, 6.45) is 4.52. The fourth-order valence-electron chi connectivity index (χ4n) is 1.96. The highest BCUT2D eigenvalue weighted by atomic mass is 127. The van der Waals surface area contributed by atoms with Crippen LogP contribution in [0, 0.1) is 5.92 Å². The Morgan fingerprint density at radius 2 is 1.79 bits per heavy atom. The third-order valence-electron chi connectivity index (χ3n) is 2.90. The number of hydrogen-bond acceptors (Lipinski definition) is 1. The van der Waals surface area contributed by atoms with E-state index in [1.54, 1.807) is 6.08 Å². The number of benzene rings is 1. The molecule has 1 atom stereocenters. The molecule has 0 aromatic heterocycles. The average molecular weight is 373 g/mol. The lowest BCUT2D eigenvalue weighted by Gasteiger charge is -2.27. The number of ketones is 1. The summed E-state index contributed by atoms with van der Waals surface area (Å²) in [5.74, 6) is 0.347. The molecule has 0 aliphatic carbocycles. The van der Waals surface area contributed by atoms with Crippen LogP contribution in [0.4, 0.5) is 0 Å². The summed E-state index contributed by atoms with van der Waals surface area (Å²) < 4.78 is 0.823. The Morgan fingerprint density at radius 1 is 1.21 bits per heavy atom. The van der Waals surface area contributed by atoms with Crippen molar-refractivity contribution in [2.24, 2.45) is 5.92 Å². The monoisotopic (exact) mass is 373 g/mol. The number of rotatable bonds is 6. The van der Waals surface area contributed by atoms with E-state index in [4.69, 9.17) is 0 Å². The van der Waals surface area contributed by atoms with Gasteiger partial charge in [-0.25, -0.2) is 0 Å². The van der Waals surface area contributed by atoms with Gasteiger partial charge >= 0.3 is 0 Å². The van der Waals surface area contributed by atoms with E-state index in [0.29, 0.717) is 0 Å². The topological polar surface area (TPSA) is 17.1 Å². The van der Waals surface area contributed by atoms with E-state index in [-0.39, 0.29) is 35.7 Å². The van der Waals surface area contributed by atoms with Crippen LogP contribution >= 0.6 is 0 Å². The first kappa shape index (κ1) is 18.3. The zero-order valence-electron chi connectivity index (χ0n) is 12.3. The first-order valence-electron chi connectivity index (χ1n) is 6.50. The molecule has 1 aromatic rings. The molecule has 0 heterocycles. The number of carbonyl (C=O) groups is 1. The molecular weight excluding hydrogens is 349 g/mol. The normalized spacial score (nSPS) is 13.1. The lowest BCUT2D eigenvalue weighted by atomic mass is 9.99. The maximum atomic E-state index is 12.1. The quantitative estimate of drug-likeness (QED) is 0.390. The number of halogens is 1. The maximum Gasteiger partial charge on any atom is 0.164 e. The van der Waals surface area contributed by atoms with Crippen molar-refractivity contribution >= 4 is 11.9 Å². The first-order valence-corrected chi connectivity index (χ1v) is 6.50. The molecule has 0 fully saturated rings. The highest BCUT2D eigenvalue weighted by Crippen LogP contribution is 2.11. The highest BCUT2D eigenvalue weighted by Gasteiger charge is 2.21. The van der Waals surface area contributed by atoms with Crippen molar-refractivity contribution in [2.45, 2.75) is 13.3 Å². The fraction of sp³-hybridized carbons (Fsp3) is 0.438.